The summed E-state index contributed by atoms with van der Waals surface area (Å²) >= 11 is 0. The Kier molecular flexibility index (Phi) is 5.73. The number of hydrogen-bond donors (Lipinski definition) is 0. The number of rotatable bonds is 7. The molecule has 0 radical (unpaired) electrons. The molecule has 25 heavy (non-hydrogen) atoms. The van der Waals surface area contributed by atoms with Gasteiger partial charge in [0.05, 0.1) is 0 Å². The van der Waals surface area contributed by atoms with Crippen molar-refractivity contribution in [3.05, 3.63) is 72.1 Å². The molecule has 0 atom stereocenters. The van der Waals surface area contributed by atoms with Gasteiger partial charge in [-0.2, -0.15) is 9.97 Å². The third-order valence-electron chi connectivity index (χ3n) is 4.05. The minimum absolute atomic E-state index is 0.734. The van der Waals surface area contributed by atoms with Crippen molar-refractivity contribution in [1.29, 1.82) is 0 Å². The fourth-order valence-electron chi connectivity index (χ4n) is 2.73. The van der Waals surface area contributed by atoms with Gasteiger partial charge in [-0.05, 0) is 18.9 Å². The van der Waals surface area contributed by atoms with Crippen LogP contribution in [0.15, 0.2) is 60.7 Å². The van der Waals surface area contributed by atoms with Gasteiger partial charge in [-0.15, -0.1) is 0 Å². The molecule has 0 amide bonds. The summed E-state index contributed by atoms with van der Waals surface area (Å²) in [6, 6.07) is 20.6. The van der Waals surface area contributed by atoms with Crippen LogP contribution in [0.5, 0.6) is 0 Å². The summed E-state index contributed by atoms with van der Waals surface area (Å²) in [6.07, 6.45) is 2.25. The number of nitrogens with zero attached hydrogens (tertiary/aromatic N) is 4. The van der Waals surface area contributed by atoms with E-state index in [0.29, 0.717) is 0 Å². The van der Waals surface area contributed by atoms with Crippen molar-refractivity contribution in [3.8, 4) is 11.4 Å². The van der Waals surface area contributed by atoms with Gasteiger partial charge in [-0.3, -0.25) is 0 Å². The van der Waals surface area contributed by atoms with Crippen LogP contribution in [0.3, 0.4) is 0 Å². The van der Waals surface area contributed by atoms with Crippen LogP contribution in [-0.4, -0.2) is 21.5 Å². The van der Waals surface area contributed by atoms with E-state index in [1.54, 1.807) is 0 Å². The Bertz CT molecular complexity index is 788. The molecule has 0 saturated carbocycles. The van der Waals surface area contributed by atoms with Gasteiger partial charge in [0.15, 0.2) is 5.82 Å². The summed E-state index contributed by atoms with van der Waals surface area (Å²) in [4.78, 5) is 16.1. The number of hydrogen-bond acceptors (Lipinski definition) is 4. The second kappa shape index (κ2) is 8.38. The molecule has 0 aliphatic rings. The first-order chi connectivity index (χ1) is 12.3. The van der Waals surface area contributed by atoms with E-state index < -0.39 is 0 Å². The lowest BCUT2D eigenvalue weighted by Crippen LogP contribution is -2.26. The summed E-state index contributed by atoms with van der Waals surface area (Å²) in [5.41, 5.74) is 2.28. The van der Waals surface area contributed by atoms with Gasteiger partial charge < -0.3 is 4.90 Å². The van der Waals surface area contributed by atoms with Crippen molar-refractivity contribution in [2.75, 3.05) is 11.4 Å². The molecule has 4 heteroatoms. The highest BCUT2D eigenvalue weighted by atomic mass is 15.3. The van der Waals surface area contributed by atoms with E-state index in [4.69, 9.17) is 4.98 Å². The maximum Gasteiger partial charge on any atom is 0.229 e. The highest BCUT2D eigenvalue weighted by Crippen LogP contribution is 2.19. The van der Waals surface area contributed by atoms with Crippen molar-refractivity contribution in [2.45, 2.75) is 33.2 Å². The Hall–Kier alpha value is -2.75. The van der Waals surface area contributed by atoms with Crippen LogP contribution < -0.4 is 4.90 Å². The first-order valence-corrected chi connectivity index (χ1v) is 8.83. The van der Waals surface area contributed by atoms with Gasteiger partial charge in [0.1, 0.15) is 5.82 Å². The van der Waals surface area contributed by atoms with E-state index in [9.17, 15) is 0 Å². The predicted octanol–water partition coefficient (Wildman–Crippen LogP) is 4.65. The van der Waals surface area contributed by atoms with Crippen molar-refractivity contribution in [1.82, 2.24) is 15.0 Å². The van der Waals surface area contributed by atoms with E-state index in [1.807, 2.05) is 43.3 Å². The standard InChI is InChI=1S/C21H24N4/c1-3-4-15-25(16-18-11-7-5-8-12-18)21-23-17(2)22-20(24-21)19-13-9-6-10-14-19/h5-14H,3-4,15-16H2,1-2H3. The highest BCUT2D eigenvalue weighted by molar-refractivity contribution is 5.56. The largest absolute Gasteiger partial charge is 0.336 e. The van der Waals surface area contributed by atoms with Crippen LogP contribution in [-0.2, 0) is 6.54 Å². The summed E-state index contributed by atoms with van der Waals surface area (Å²) in [7, 11) is 0. The maximum atomic E-state index is 4.76. The number of unbranched alkanes of at least 4 members (excludes halogenated alkanes) is 1. The summed E-state index contributed by atoms with van der Waals surface area (Å²) in [5, 5.41) is 0. The van der Waals surface area contributed by atoms with Gasteiger partial charge in [0.2, 0.25) is 5.95 Å². The summed E-state index contributed by atoms with van der Waals surface area (Å²) in [6.45, 7) is 5.87. The van der Waals surface area contributed by atoms with Gasteiger partial charge in [0, 0.05) is 18.7 Å². The zero-order chi connectivity index (χ0) is 17.5. The third kappa shape index (κ3) is 4.63. The highest BCUT2D eigenvalue weighted by Gasteiger charge is 2.13. The Balaban J connectivity index is 1.93. The van der Waals surface area contributed by atoms with Crippen LogP contribution in [0.2, 0.25) is 0 Å². The lowest BCUT2D eigenvalue weighted by Gasteiger charge is -2.23. The molecule has 0 aliphatic carbocycles. The number of aryl methyl sites for hydroxylation is 1. The predicted molar refractivity (Wildman–Crippen MR) is 102 cm³/mol. The van der Waals surface area contributed by atoms with Gasteiger partial charge >= 0.3 is 0 Å². The quantitative estimate of drug-likeness (QED) is 0.631. The normalized spacial score (nSPS) is 10.6. The fourth-order valence-corrected chi connectivity index (χ4v) is 2.73. The zero-order valence-electron chi connectivity index (χ0n) is 14.9. The van der Waals surface area contributed by atoms with Crippen molar-refractivity contribution in [3.63, 3.8) is 0 Å². The van der Waals surface area contributed by atoms with Gasteiger partial charge in [0.25, 0.3) is 0 Å². The SMILES string of the molecule is CCCCN(Cc1ccccc1)c1nc(C)nc(-c2ccccc2)n1. The molecule has 0 fully saturated rings. The third-order valence-corrected chi connectivity index (χ3v) is 4.05. The average molecular weight is 332 g/mol. The first kappa shape index (κ1) is 17.1. The maximum absolute atomic E-state index is 4.76. The molecule has 1 heterocycles. The lowest BCUT2D eigenvalue weighted by atomic mass is 10.2. The van der Waals surface area contributed by atoms with E-state index in [0.717, 1.165) is 49.1 Å². The topological polar surface area (TPSA) is 41.9 Å². The summed E-state index contributed by atoms with van der Waals surface area (Å²) in [5.74, 6) is 2.24. The molecule has 0 bridgehead atoms. The molecule has 0 saturated heterocycles. The van der Waals surface area contributed by atoms with E-state index >= 15 is 0 Å². The van der Waals surface area contributed by atoms with Crippen LogP contribution in [0.1, 0.15) is 31.2 Å². The molecular weight excluding hydrogens is 308 g/mol. The van der Waals surface area contributed by atoms with Gasteiger partial charge in [-0.1, -0.05) is 74.0 Å². The van der Waals surface area contributed by atoms with Crippen LogP contribution >= 0.6 is 0 Å². The molecule has 0 aliphatic heterocycles. The summed E-state index contributed by atoms with van der Waals surface area (Å²) < 4.78 is 0. The van der Waals surface area contributed by atoms with E-state index in [2.05, 4.69) is 46.1 Å². The minimum atomic E-state index is 0.734. The van der Waals surface area contributed by atoms with Gasteiger partial charge in [-0.25, -0.2) is 4.98 Å². The second-order valence-electron chi connectivity index (χ2n) is 6.13. The Morgan fingerprint density at radius 3 is 2.20 bits per heavy atom. The second-order valence-corrected chi connectivity index (χ2v) is 6.13. The molecule has 3 aromatic rings. The molecular formula is C21H24N4. The molecule has 128 valence electrons. The van der Waals surface area contributed by atoms with E-state index in [-0.39, 0.29) is 0 Å². The molecule has 4 nitrogen and oxygen atoms in total. The van der Waals surface area contributed by atoms with E-state index in [1.165, 1.54) is 5.56 Å². The molecule has 0 unspecified atom stereocenters. The van der Waals surface area contributed by atoms with Crippen molar-refractivity contribution < 1.29 is 0 Å². The molecule has 2 aromatic carbocycles. The van der Waals surface area contributed by atoms with Crippen molar-refractivity contribution >= 4 is 5.95 Å². The van der Waals surface area contributed by atoms with Crippen LogP contribution in [0.4, 0.5) is 5.95 Å². The number of aromatic nitrogens is 3. The fraction of sp³-hybridized carbons (Fsp3) is 0.286. The van der Waals surface area contributed by atoms with Crippen LogP contribution in [0, 0.1) is 6.92 Å². The first-order valence-electron chi connectivity index (χ1n) is 8.83. The molecule has 0 spiro atoms. The zero-order valence-corrected chi connectivity index (χ0v) is 14.9. The molecule has 3 rings (SSSR count). The molecule has 0 N–H and O–H groups in total. The minimum Gasteiger partial charge on any atom is -0.336 e. The number of benzene rings is 2. The Labute approximate surface area is 149 Å². The monoisotopic (exact) mass is 332 g/mol. The Morgan fingerprint density at radius 1 is 0.840 bits per heavy atom. The molecule has 1 aromatic heterocycles. The number of anilines is 1. The average Bonchev–Trinajstić information content (AvgIpc) is 2.66. The smallest absolute Gasteiger partial charge is 0.229 e. The lowest BCUT2D eigenvalue weighted by molar-refractivity contribution is 0.692. The Morgan fingerprint density at radius 2 is 1.52 bits per heavy atom. The van der Waals surface area contributed by atoms with Crippen LogP contribution in [0.25, 0.3) is 11.4 Å². The van der Waals surface area contributed by atoms with Crippen molar-refractivity contribution in [2.24, 2.45) is 0 Å².